The molecule has 0 saturated heterocycles. The van der Waals surface area contributed by atoms with Crippen molar-refractivity contribution in [2.24, 2.45) is 0 Å². The number of amides is 2. The first-order valence-corrected chi connectivity index (χ1v) is 5.99. The molecule has 20 heavy (non-hydrogen) atoms. The summed E-state index contributed by atoms with van der Waals surface area (Å²) in [5.74, 6) is -0.101. The third kappa shape index (κ3) is 5.08. The van der Waals surface area contributed by atoms with Gasteiger partial charge in [-0.2, -0.15) is 13.2 Å². The summed E-state index contributed by atoms with van der Waals surface area (Å²) < 4.78 is 37.8. The number of halogens is 4. The standard InChI is InChI=1S/C12H12ClF3N2O2/c1-7(19)4-5-17-11(20)18-8-2-3-10(13)9(6-8)12(14,15)16/h2-3,6H,4-5H2,1H3,(H2,17,18,20). The summed E-state index contributed by atoms with van der Waals surface area (Å²) in [6.45, 7) is 1.48. The number of ketones is 1. The molecule has 0 heterocycles. The highest BCUT2D eigenvalue weighted by Crippen LogP contribution is 2.36. The number of nitrogens with one attached hydrogen (secondary N) is 2. The van der Waals surface area contributed by atoms with Crippen molar-refractivity contribution in [3.8, 4) is 0 Å². The van der Waals surface area contributed by atoms with Crippen molar-refractivity contribution in [3.05, 3.63) is 28.8 Å². The summed E-state index contributed by atoms with van der Waals surface area (Å²) >= 11 is 5.45. The van der Waals surface area contributed by atoms with Crippen molar-refractivity contribution in [2.45, 2.75) is 19.5 Å². The SMILES string of the molecule is CC(=O)CCNC(=O)Nc1ccc(Cl)c(C(F)(F)F)c1. The molecule has 0 saturated carbocycles. The quantitative estimate of drug-likeness (QED) is 0.895. The van der Waals surface area contributed by atoms with Crippen LogP contribution in [0.5, 0.6) is 0 Å². The Kier molecular flexibility index (Phi) is 5.38. The Bertz CT molecular complexity index is 518. The van der Waals surface area contributed by atoms with Crippen LogP contribution in [-0.4, -0.2) is 18.4 Å². The van der Waals surface area contributed by atoms with E-state index in [4.69, 9.17) is 11.6 Å². The summed E-state index contributed by atoms with van der Waals surface area (Å²) in [5.41, 5.74) is -1.07. The highest BCUT2D eigenvalue weighted by Gasteiger charge is 2.33. The summed E-state index contributed by atoms with van der Waals surface area (Å²) in [4.78, 5) is 22.1. The predicted octanol–water partition coefficient (Wildman–Crippen LogP) is 3.46. The fourth-order valence-electron chi connectivity index (χ4n) is 1.35. The average Bonchev–Trinajstić information content (AvgIpc) is 2.29. The molecule has 0 unspecified atom stereocenters. The van der Waals surface area contributed by atoms with E-state index in [2.05, 4.69) is 10.6 Å². The second-order valence-corrected chi connectivity index (χ2v) is 4.43. The van der Waals surface area contributed by atoms with E-state index < -0.39 is 22.8 Å². The lowest BCUT2D eigenvalue weighted by Crippen LogP contribution is -2.30. The van der Waals surface area contributed by atoms with Crippen molar-refractivity contribution < 1.29 is 22.8 Å². The van der Waals surface area contributed by atoms with Crippen LogP contribution < -0.4 is 10.6 Å². The van der Waals surface area contributed by atoms with Crippen molar-refractivity contribution in [1.29, 1.82) is 0 Å². The number of Topliss-reactive ketones (excluding diaryl/α,β-unsaturated/α-hetero) is 1. The molecule has 2 amide bonds. The Labute approximate surface area is 118 Å². The van der Waals surface area contributed by atoms with Crippen molar-refractivity contribution in [2.75, 3.05) is 11.9 Å². The van der Waals surface area contributed by atoms with Gasteiger partial charge in [0.05, 0.1) is 10.6 Å². The Hall–Kier alpha value is -1.76. The van der Waals surface area contributed by atoms with E-state index in [0.29, 0.717) is 0 Å². The molecule has 8 heteroatoms. The first-order chi connectivity index (χ1) is 9.20. The Morgan fingerprint density at radius 2 is 1.95 bits per heavy atom. The molecule has 0 aliphatic heterocycles. The smallest absolute Gasteiger partial charge is 0.337 e. The van der Waals surface area contributed by atoms with E-state index >= 15 is 0 Å². The van der Waals surface area contributed by atoms with Gasteiger partial charge in [-0.3, -0.25) is 4.79 Å². The molecule has 0 bridgehead atoms. The second-order valence-electron chi connectivity index (χ2n) is 4.03. The average molecular weight is 309 g/mol. The van der Waals surface area contributed by atoms with Crippen LogP contribution in [0.15, 0.2) is 18.2 Å². The molecular formula is C12H12ClF3N2O2. The number of hydrogen-bond acceptors (Lipinski definition) is 2. The van der Waals surface area contributed by atoms with Gasteiger partial charge < -0.3 is 10.6 Å². The first-order valence-electron chi connectivity index (χ1n) is 5.61. The zero-order valence-electron chi connectivity index (χ0n) is 10.5. The van der Waals surface area contributed by atoms with Gasteiger partial charge in [-0.25, -0.2) is 4.79 Å². The molecule has 0 atom stereocenters. The van der Waals surface area contributed by atoms with Crippen LogP contribution in [-0.2, 0) is 11.0 Å². The molecule has 1 aromatic rings. The number of alkyl halides is 3. The van der Waals surface area contributed by atoms with Crippen molar-refractivity contribution in [3.63, 3.8) is 0 Å². The number of anilines is 1. The van der Waals surface area contributed by atoms with Gasteiger partial charge in [0.1, 0.15) is 5.78 Å². The van der Waals surface area contributed by atoms with Crippen LogP contribution in [0.25, 0.3) is 0 Å². The number of carbonyl (C=O) groups excluding carboxylic acids is 2. The van der Waals surface area contributed by atoms with Gasteiger partial charge in [0.25, 0.3) is 0 Å². The topological polar surface area (TPSA) is 58.2 Å². The summed E-state index contributed by atoms with van der Waals surface area (Å²) in [6, 6.07) is 2.35. The van der Waals surface area contributed by atoms with Crippen LogP contribution in [0.3, 0.4) is 0 Å². The third-order valence-electron chi connectivity index (χ3n) is 2.29. The fraction of sp³-hybridized carbons (Fsp3) is 0.333. The highest BCUT2D eigenvalue weighted by molar-refractivity contribution is 6.31. The van der Waals surface area contributed by atoms with Crippen LogP contribution in [0, 0.1) is 0 Å². The Morgan fingerprint density at radius 1 is 1.30 bits per heavy atom. The molecular weight excluding hydrogens is 297 g/mol. The second kappa shape index (κ2) is 6.60. The molecule has 0 radical (unpaired) electrons. The van der Waals surface area contributed by atoms with Gasteiger partial charge in [0, 0.05) is 18.7 Å². The molecule has 0 aliphatic rings. The van der Waals surface area contributed by atoms with Gasteiger partial charge in [0.2, 0.25) is 0 Å². The molecule has 2 N–H and O–H groups in total. The predicted molar refractivity (Wildman–Crippen MR) is 68.8 cm³/mol. The largest absolute Gasteiger partial charge is 0.417 e. The molecule has 0 fully saturated rings. The Balaban J connectivity index is 2.69. The van der Waals surface area contributed by atoms with Gasteiger partial charge in [-0.15, -0.1) is 0 Å². The van der Waals surface area contributed by atoms with Crippen molar-refractivity contribution >= 4 is 29.1 Å². The number of carbonyl (C=O) groups is 2. The molecule has 1 rings (SSSR count). The monoisotopic (exact) mass is 308 g/mol. The lowest BCUT2D eigenvalue weighted by atomic mass is 10.2. The molecule has 0 aliphatic carbocycles. The summed E-state index contributed by atoms with van der Waals surface area (Å²) in [6.07, 6.45) is -4.44. The molecule has 0 spiro atoms. The Morgan fingerprint density at radius 3 is 2.50 bits per heavy atom. The zero-order chi connectivity index (χ0) is 15.3. The van der Waals surface area contributed by atoms with E-state index in [9.17, 15) is 22.8 Å². The fourth-order valence-corrected chi connectivity index (χ4v) is 1.57. The van der Waals surface area contributed by atoms with Crippen LogP contribution in [0.1, 0.15) is 18.9 Å². The first kappa shape index (κ1) is 16.3. The molecule has 1 aromatic carbocycles. The lowest BCUT2D eigenvalue weighted by molar-refractivity contribution is -0.137. The van der Waals surface area contributed by atoms with Crippen molar-refractivity contribution in [1.82, 2.24) is 5.32 Å². The minimum atomic E-state index is -4.60. The maximum Gasteiger partial charge on any atom is 0.417 e. The molecule has 4 nitrogen and oxygen atoms in total. The normalized spacial score (nSPS) is 11.1. The molecule has 110 valence electrons. The van der Waals surface area contributed by atoms with Crippen LogP contribution in [0.4, 0.5) is 23.7 Å². The van der Waals surface area contributed by atoms with E-state index in [1.54, 1.807) is 0 Å². The van der Waals surface area contributed by atoms with E-state index in [1.807, 2.05) is 0 Å². The zero-order valence-corrected chi connectivity index (χ0v) is 11.2. The third-order valence-corrected chi connectivity index (χ3v) is 2.62. The van der Waals surface area contributed by atoms with Gasteiger partial charge in [-0.1, -0.05) is 11.6 Å². The lowest BCUT2D eigenvalue weighted by Gasteiger charge is -2.12. The molecule has 0 aromatic heterocycles. The van der Waals surface area contributed by atoms with Crippen LogP contribution in [0.2, 0.25) is 5.02 Å². The minimum absolute atomic E-state index is 0.0398. The maximum atomic E-state index is 12.6. The highest BCUT2D eigenvalue weighted by atomic mass is 35.5. The number of hydrogen-bond donors (Lipinski definition) is 2. The van der Waals surface area contributed by atoms with E-state index in [1.165, 1.54) is 13.0 Å². The van der Waals surface area contributed by atoms with E-state index in [0.717, 1.165) is 12.1 Å². The van der Waals surface area contributed by atoms with Crippen LogP contribution >= 0.6 is 11.6 Å². The minimum Gasteiger partial charge on any atom is -0.337 e. The number of urea groups is 1. The summed E-state index contributed by atoms with van der Waals surface area (Å²) in [5, 5.41) is 4.14. The van der Waals surface area contributed by atoms with Gasteiger partial charge in [-0.05, 0) is 25.1 Å². The number of rotatable bonds is 4. The summed E-state index contributed by atoms with van der Waals surface area (Å²) in [7, 11) is 0. The van der Waals surface area contributed by atoms with E-state index in [-0.39, 0.29) is 24.4 Å². The van der Waals surface area contributed by atoms with Gasteiger partial charge >= 0.3 is 12.2 Å². The maximum absolute atomic E-state index is 12.6. The van der Waals surface area contributed by atoms with Gasteiger partial charge in [0.15, 0.2) is 0 Å². The number of benzene rings is 1.